The van der Waals surface area contributed by atoms with Crippen molar-refractivity contribution < 1.29 is 9.59 Å². The molecule has 0 saturated carbocycles. The van der Waals surface area contributed by atoms with Crippen molar-refractivity contribution in [2.45, 2.75) is 0 Å². The van der Waals surface area contributed by atoms with E-state index in [4.69, 9.17) is 0 Å². The number of amides is 2. The average Bonchev–Trinajstić information content (AvgIpc) is 3.29. The van der Waals surface area contributed by atoms with E-state index >= 15 is 0 Å². The first-order valence-corrected chi connectivity index (χ1v) is 9.74. The van der Waals surface area contributed by atoms with Crippen molar-refractivity contribution in [3.63, 3.8) is 0 Å². The summed E-state index contributed by atoms with van der Waals surface area (Å²) in [6.45, 7) is 0. The molecule has 6 nitrogen and oxygen atoms in total. The first-order valence-electron chi connectivity index (χ1n) is 9.74. The summed E-state index contributed by atoms with van der Waals surface area (Å²) in [4.78, 5) is 25.6. The molecule has 4 aromatic rings. The summed E-state index contributed by atoms with van der Waals surface area (Å²) < 4.78 is 0. The van der Waals surface area contributed by atoms with Crippen molar-refractivity contribution in [1.82, 2.24) is 15.5 Å². The van der Waals surface area contributed by atoms with E-state index in [1.807, 2.05) is 66.7 Å². The molecule has 0 aliphatic heterocycles. The number of aromatic amines is 1. The van der Waals surface area contributed by atoms with Crippen molar-refractivity contribution in [3.05, 3.63) is 114 Å². The van der Waals surface area contributed by atoms with Crippen LogP contribution in [0, 0.1) is 0 Å². The van der Waals surface area contributed by atoms with Crippen LogP contribution in [0.1, 0.15) is 15.9 Å². The molecular formula is C25H20N4O2. The number of carbonyl (C=O) groups is 2. The SMILES string of the molecule is O=C(Nc1cc(-c2ccccc2)[nH]n1)/C(=C/c1ccccc1)NC(=O)c1ccccc1. The standard InChI is InChI=1S/C25H20N4O2/c30-24(20-14-8-3-9-15-20)26-22(16-18-10-4-1-5-11-18)25(31)27-23-17-21(28-29-23)19-12-6-2-7-13-19/h1-17H,(H,26,30)(H2,27,28,29,31)/b22-16-. The van der Waals surface area contributed by atoms with Crippen LogP contribution in [0.4, 0.5) is 5.82 Å². The van der Waals surface area contributed by atoms with Crippen LogP contribution >= 0.6 is 0 Å². The van der Waals surface area contributed by atoms with Crippen LogP contribution < -0.4 is 10.6 Å². The molecule has 0 saturated heterocycles. The lowest BCUT2D eigenvalue weighted by molar-refractivity contribution is -0.113. The third-order valence-electron chi connectivity index (χ3n) is 4.54. The predicted molar refractivity (Wildman–Crippen MR) is 121 cm³/mol. The van der Waals surface area contributed by atoms with Crippen LogP contribution in [0.2, 0.25) is 0 Å². The smallest absolute Gasteiger partial charge is 0.273 e. The predicted octanol–water partition coefficient (Wildman–Crippen LogP) is 4.49. The van der Waals surface area contributed by atoms with Gasteiger partial charge in [-0.05, 0) is 29.3 Å². The number of hydrogen-bond acceptors (Lipinski definition) is 3. The summed E-state index contributed by atoms with van der Waals surface area (Å²) in [6.07, 6.45) is 1.63. The van der Waals surface area contributed by atoms with Crippen LogP contribution in [0.25, 0.3) is 17.3 Å². The number of carbonyl (C=O) groups excluding carboxylic acids is 2. The monoisotopic (exact) mass is 408 g/mol. The summed E-state index contributed by atoms with van der Waals surface area (Å²) >= 11 is 0. The highest BCUT2D eigenvalue weighted by Gasteiger charge is 2.16. The number of nitrogens with zero attached hydrogens (tertiary/aromatic N) is 1. The lowest BCUT2D eigenvalue weighted by Gasteiger charge is -2.10. The molecule has 3 N–H and O–H groups in total. The Balaban J connectivity index is 1.56. The molecule has 1 aromatic heterocycles. The van der Waals surface area contributed by atoms with Crippen LogP contribution in [0.3, 0.4) is 0 Å². The molecule has 6 heteroatoms. The Morgan fingerprint density at radius 1 is 0.806 bits per heavy atom. The van der Waals surface area contributed by atoms with E-state index in [2.05, 4.69) is 20.8 Å². The number of rotatable bonds is 6. The highest BCUT2D eigenvalue weighted by atomic mass is 16.2. The number of hydrogen-bond donors (Lipinski definition) is 3. The van der Waals surface area contributed by atoms with E-state index in [0.717, 1.165) is 16.8 Å². The average molecular weight is 408 g/mol. The number of benzene rings is 3. The summed E-state index contributed by atoms with van der Waals surface area (Å²) in [5, 5.41) is 12.5. The van der Waals surface area contributed by atoms with Crippen LogP contribution in [0.5, 0.6) is 0 Å². The van der Waals surface area contributed by atoms with E-state index in [-0.39, 0.29) is 11.6 Å². The zero-order chi connectivity index (χ0) is 21.5. The molecule has 4 rings (SSSR count). The maximum atomic E-state index is 13.0. The Bertz CT molecular complexity index is 1200. The topological polar surface area (TPSA) is 86.9 Å². The molecule has 0 spiro atoms. The van der Waals surface area contributed by atoms with Gasteiger partial charge >= 0.3 is 0 Å². The highest BCUT2D eigenvalue weighted by Crippen LogP contribution is 2.19. The Morgan fingerprint density at radius 3 is 2.10 bits per heavy atom. The molecule has 0 aliphatic carbocycles. The van der Waals surface area contributed by atoms with Gasteiger partial charge in [0.05, 0.1) is 5.69 Å². The van der Waals surface area contributed by atoms with Gasteiger partial charge in [0.15, 0.2) is 5.82 Å². The molecular weight excluding hydrogens is 388 g/mol. The number of aromatic nitrogens is 2. The minimum Gasteiger partial charge on any atom is -0.317 e. The second-order valence-electron chi connectivity index (χ2n) is 6.78. The second kappa shape index (κ2) is 9.37. The fraction of sp³-hybridized carbons (Fsp3) is 0. The van der Waals surface area contributed by atoms with E-state index in [0.29, 0.717) is 11.4 Å². The molecule has 0 bridgehead atoms. The Labute approximate surface area is 179 Å². The van der Waals surface area contributed by atoms with Crippen molar-refractivity contribution >= 4 is 23.7 Å². The Kier molecular flexibility index (Phi) is 6.00. The Morgan fingerprint density at radius 2 is 1.42 bits per heavy atom. The number of H-pyrrole nitrogens is 1. The largest absolute Gasteiger partial charge is 0.317 e. The van der Waals surface area contributed by atoms with Gasteiger partial charge in [0.1, 0.15) is 5.70 Å². The summed E-state index contributed by atoms with van der Waals surface area (Å²) in [7, 11) is 0. The van der Waals surface area contributed by atoms with Crippen molar-refractivity contribution in [2.24, 2.45) is 0 Å². The lowest BCUT2D eigenvalue weighted by Crippen LogP contribution is -2.30. The Hall–Kier alpha value is -4.45. The minimum absolute atomic E-state index is 0.115. The molecule has 3 aromatic carbocycles. The molecule has 0 aliphatic rings. The van der Waals surface area contributed by atoms with Crippen LogP contribution in [-0.4, -0.2) is 22.0 Å². The van der Waals surface area contributed by atoms with E-state index in [1.165, 1.54) is 0 Å². The normalized spacial score (nSPS) is 11.0. The van der Waals surface area contributed by atoms with Crippen LogP contribution in [0.15, 0.2) is 103 Å². The first-order chi connectivity index (χ1) is 15.2. The summed E-state index contributed by atoms with van der Waals surface area (Å²) in [5.41, 5.74) is 3.09. The lowest BCUT2D eigenvalue weighted by atomic mass is 10.1. The van der Waals surface area contributed by atoms with E-state index in [1.54, 1.807) is 36.4 Å². The highest BCUT2D eigenvalue weighted by molar-refractivity contribution is 6.10. The van der Waals surface area contributed by atoms with Gasteiger partial charge in [-0.1, -0.05) is 78.9 Å². The van der Waals surface area contributed by atoms with Gasteiger partial charge in [-0.2, -0.15) is 5.10 Å². The van der Waals surface area contributed by atoms with Gasteiger partial charge in [0, 0.05) is 11.6 Å². The quantitative estimate of drug-likeness (QED) is 0.411. The van der Waals surface area contributed by atoms with Crippen molar-refractivity contribution in [3.8, 4) is 11.3 Å². The van der Waals surface area contributed by atoms with Crippen LogP contribution in [-0.2, 0) is 4.79 Å². The van der Waals surface area contributed by atoms with Gasteiger partial charge < -0.3 is 10.6 Å². The first kappa shape index (κ1) is 19.8. The molecule has 0 unspecified atom stereocenters. The molecule has 0 fully saturated rings. The van der Waals surface area contributed by atoms with Gasteiger partial charge in [0.25, 0.3) is 11.8 Å². The zero-order valence-electron chi connectivity index (χ0n) is 16.6. The minimum atomic E-state index is -0.473. The van der Waals surface area contributed by atoms with E-state index in [9.17, 15) is 9.59 Å². The number of nitrogens with one attached hydrogen (secondary N) is 3. The second-order valence-corrected chi connectivity index (χ2v) is 6.78. The zero-order valence-corrected chi connectivity index (χ0v) is 16.6. The molecule has 152 valence electrons. The summed E-state index contributed by atoms with van der Waals surface area (Å²) in [6, 6.07) is 29.5. The fourth-order valence-electron chi connectivity index (χ4n) is 2.99. The van der Waals surface area contributed by atoms with Gasteiger partial charge in [-0.15, -0.1) is 0 Å². The fourth-order valence-corrected chi connectivity index (χ4v) is 2.99. The van der Waals surface area contributed by atoms with Gasteiger partial charge in [-0.25, -0.2) is 0 Å². The molecule has 0 atom stereocenters. The van der Waals surface area contributed by atoms with Crippen molar-refractivity contribution in [2.75, 3.05) is 5.32 Å². The summed E-state index contributed by atoms with van der Waals surface area (Å²) in [5.74, 6) is -0.485. The van der Waals surface area contributed by atoms with Gasteiger partial charge in [0.2, 0.25) is 0 Å². The third kappa shape index (κ3) is 5.13. The van der Waals surface area contributed by atoms with E-state index < -0.39 is 5.91 Å². The maximum Gasteiger partial charge on any atom is 0.273 e. The van der Waals surface area contributed by atoms with Crippen molar-refractivity contribution in [1.29, 1.82) is 0 Å². The number of anilines is 1. The molecule has 1 heterocycles. The maximum absolute atomic E-state index is 13.0. The third-order valence-corrected chi connectivity index (χ3v) is 4.54. The molecule has 2 amide bonds. The van der Waals surface area contributed by atoms with Gasteiger partial charge in [-0.3, -0.25) is 14.7 Å². The molecule has 31 heavy (non-hydrogen) atoms. The molecule has 0 radical (unpaired) electrons.